The molecule has 1 amide bonds. The predicted molar refractivity (Wildman–Crippen MR) is 94.7 cm³/mol. The third-order valence-corrected chi connectivity index (χ3v) is 5.01. The van der Waals surface area contributed by atoms with Crippen molar-refractivity contribution in [2.45, 2.75) is 26.0 Å². The van der Waals surface area contributed by atoms with Gasteiger partial charge >= 0.3 is 0 Å². The van der Waals surface area contributed by atoms with Gasteiger partial charge in [0.25, 0.3) is 11.8 Å². The molecule has 1 atom stereocenters. The Labute approximate surface area is 154 Å². The molecule has 0 bridgehead atoms. The number of ether oxygens (including phenoxy) is 1. The van der Waals surface area contributed by atoms with Crippen LogP contribution in [0.1, 0.15) is 35.7 Å². The minimum Gasteiger partial charge on any atom is -0.365 e. The third-order valence-electron chi connectivity index (χ3n) is 4.15. The van der Waals surface area contributed by atoms with Crippen molar-refractivity contribution in [3.63, 3.8) is 0 Å². The zero-order chi connectivity index (χ0) is 17.9. The molecule has 4 heterocycles. The van der Waals surface area contributed by atoms with E-state index in [0.29, 0.717) is 37.0 Å². The fourth-order valence-corrected chi connectivity index (χ4v) is 3.51. The molecule has 0 aromatic carbocycles. The molecule has 1 aliphatic heterocycles. The Bertz CT molecular complexity index is 873. The summed E-state index contributed by atoms with van der Waals surface area (Å²) < 4.78 is 12.9. The number of carbonyl (C=O) groups is 1. The first-order valence-electron chi connectivity index (χ1n) is 8.55. The number of nitrogens with zero attached hydrogens (tertiary/aromatic N) is 5. The second-order valence-corrected chi connectivity index (χ2v) is 6.98. The monoisotopic (exact) mass is 373 g/mol. The van der Waals surface area contributed by atoms with Gasteiger partial charge in [0.15, 0.2) is 6.10 Å². The Kier molecular flexibility index (Phi) is 4.81. The van der Waals surface area contributed by atoms with E-state index in [9.17, 15) is 4.79 Å². The largest absolute Gasteiger partial charge is 0.365 e. The van der Waals surface area contributed by atoms with Crippen LogP contribution in [0, 0.1) is 0 Å². The number of aryl methyl sites for hydroxylation is 1. The topological polar surface area (TPSA) is 86.3 Å². The van der Waals surface area contributed by atoms with E-state index in [-0.39, 0.29) is 5.91 Å². The molecule has 3 aromatic rings. The molecule has 0 spiro atoms. The lowest BCUT2D eigenvalue weighted by Crippen LogP contribution is -2.42. The van der Waals surface area contributed by atoms with Crippen molar-refractivity contribution < 1.29 is 14.1 Å². The van der Waals surface area contributed by atoms with Crippen molar-refractivity contribution in [2.75, 3.05) is 19.7 Å². The maximum atomic E-state index is 12.7. The molecule has 0 aliphatic carbocycles. The summed E-state index contributed by atoms with van der Waals surface area (Å²) in [5.74, 6) is 0.883. The molecule has 3 aromatic heterocycles. The van der Waals surface area contributed by atoms with Crippen molar-refractivity contribution in [3.05, 3.63) is 41.4 Å². The second kappa shape index (κ2) is 7.38. The fraction of sp³-hybridized carbons (Fsp3) is 0.412. The quantitative estimate of drug-likeness (QED) is 0.683. The number of thiophene rings is 1. The molecule has 1 saturated heterocycles. The van der Waals surface area contributed by atoms with Crippen molar-refractivity contribution in [1.82, 2.24) is 24.8 Å². The molecule has 9 heteroatoms. The lowest BCUT2D eigenvalue weighted by Gasteiger charge is -2.30. The van der Waals surface area contributed by atoms with Gasteiger partial charge in [-0.05, 0) is 17.9 Å². The minimum atomic E-state index is -0.417. The van der Waals surface area contributed by atoms with Crippen molar-refractivity contribution >= 4 is 17.2 Å². The van der Waals surface area contributed by atoms with Gasteiger partial charge in [0, 0.05) is 19.3 Å². The van der Waals surface area contributed by atoms with Gasteiger partial charge in [-0.15, -0.1) is 11.3 Å². The van der Waals surface area contributed by atoms with Crippen LogP contribution in [0.5, 0.6) is 0 Å². The summed E-state index contributed by atoms with van der Waals surface area (Å²) in [4.78, 5) is 19.8. The van der Waals surface area contributed by atoms with Crippen molar-refractivity contribution in [1.29, 1.82) is 0 Å². The van der Waals surface area contributed by atoms with Gasteiger partial charge in [-0.3, -0.25) is 9.48 Å². The number of carbonyl (C=O) groups excluding carboxylic acids is 1. The minimum absolute atomic E-state index is 0.0568. The second-order valence-electron chi connectivity index (χ2n) is 6.04. The van der Waals surface area contributed by atoms with Crippen molar-refractivity contribution in [2.24, 2.45) is 0 Å². The maximum absolute atomic E-state index is 12.7. The van der Waals surface area contributed by atoms with Gasteiger partial charge in [0.2, 0.25) is 5.82 Å². The van der Waals surface area contributed by atoms with Gasteiger partial charge in [-0.1, -0.05) is 18.1 Å². The summed E-state index contributed by atoms with van der Waals surface area (Å²) in [6.45, 7) is 4.21. The van der Waals surface area contributed by atoms with Gasteiger partial charge in [0.05, 0.1) is 29.8 Å². The van der Waals surface area contributed by atoms with Gasteiger partial charge in [-0.25, -0.2) is 0 Å². The zero-order valence-corrected chi connectivity index (χ0v) is 15.2. The zero-order valence-electron chi connectivity index (χ0n) is 14.4. The van der Waals surface area contributed by atoms with E-state index in [1.807, 2.05) is 17.5 Å². The summed E-state index contributed by atoms with van der Waals surface area (Å²) >= 11 is 1.55. The van der Waals surface area contributed by atoms with Crippen molar-refractivity contribution in [3.8, 4) is 10.7 Å². The standard InChI is InChI=1S/C17H19N5O3S/c1-2-5-22-10-12(9-18-22)17(23)21-6-7-24-13(11-21)16-19-15(20-25-16)14-4-3-8-26-14/h3-4,8-10,13H,2,5-7,11H2,1H3. The summed E-state index contributed by atoms with van der Waals surface area (Å²) in [6, 6.07) is 3.87. The number of aromatic nitrogens is 4. The first kappa shape index (κ1) is 16.9. The van der Waals surface area contributed by atoms with Crippen LogP contribution in [-0.4, -0.2) is 50.4 Å². The van der Waals surface area contributed by atoms with E-state index in [1.54, 1.807) is 33.3 Å². The smallest absolute Gasteiger partial charge is 0.257 e. The van der Waals surface area contributed by atoms with Crippen LogP contribution in [-0.2, 0) is 11.3 Å². The molecule has 1 unspecified atom stereocenters. The summed E-state index contributed by atoms with van der Waals surface area (Å²) in [7, 11) is 0. The van der Waals surface area contributed by atoms with Crippen LogP contribution in [0.3, 0.4) is 0 Å². The Balaban J connectivity index is 1.46. The first-order chi connectivity index (χ1) is 12.7. The Hall–Kier alpha value is -2.52. The Morgan fingerprint density at radius 2 is 2.38 bits per heavy atom. The summed E-state index contributed by atoms with van der Waals surface area (Å²) in [6.07, 6.45) is 3.96. The van der Waals surface area contributed by atoms with E-state index >= 15 is 0 Å². The summed E-state index contributed by atoms with van der Waals surface area (Å²) in [5, 5.41) is 10.2. The number of rotatable bonds is 5. The molecule has 136 valence electrons. The van der Waals surface area contributed by atoms with Gasteiger partial charge < -0.3 is 14.2 Å². The normalized spacial score (nSPS) is 17.6. The Morgan fingerprint density at radius 3 is 3.19 bits per heavy atom. The van der Waals surface area contributed by atoms with E-state index in [1.165, 1.54) is 0 Å². The lowest BCUT2D eigenvalue weighted by molar-refractivity contribution is -0.0367. The highest BCUT2D eigenvalue weighted by molar-refractivity contribution is 7.13. The number of hydrogen-bond acceptors (Lipinski definition) is 7. The number of amides is 1. The maximum Gasteiger partial charge on any atom is 0.257 e. The molecule has 8 nitrogen and oxygen atoms in total. The highest BCUT2D eigenvalue weighted by Gasteiger charge is 2.30. The summed E-state index contributed by atoms with van der Waals surface area (Å²) in [5.41, 5.74) is 0.587. The first-order valence-corrected chi connectivity index (χ1v) is 9.43. The molecule has 26 heavy (non-hydrogen) atoms. The van der Waals surface area contributed by atoms with E-state index in [0.717, 1.165) is 17.8 Å². The molecule has 1 fully saturated rings. The third kappa shape index (κ3) is 3.40. The highest BCUT2D eigenvalue weighted by Crippen LogP contribution is 2.26. The molecular formula is C17H19N5O3S. The number of hydrogen-bond donors (Lipinski definition) is 0. The van der Waals surface area contributed by atoms with Crippen LogP contribution in [0.25, 0.3) is 10.7 Å². The molecule has 4 rings (SSSR count). The van der Waals surface area contributed by atoms with Gasteiger partial charge in [0.1, 0.15) is 0 Å². The molecule has 0 radical (unpaired) electrons. The number of morpholine rings is 1. The van der Waals surface area contributed by atoms with Crippen LogP contribution in [0.4, 0.5) is 0 Å². The molecule has 0 saturated carbocycles. The SMILES string of the molecule is CCCn1cc(C(=O)N2CCOC(c3nc(-c4cccs4)no3)C2)cn1. The average Bonchev–Trinajstić information content (AvgIpc) is 3.41. The van der Waals surface area contributed by atoms with E-state index < -0.39 is 6.10 Å². The fourth-order valence-electron chi connectivity index (χ4n) is 2.86. The van der Waals surface area contributed by atoms with E-state index in [2.05, 4.69) is 22.2 Å². The van der Waals surface area contributed by atoms with Crippen LogP contribution < -0.4 is 0 Å². The lowest BCUT2D eigenvalue weighted by atomic mass is 10.2. The molecular weight excluding hydrogens is 354 g/mol. The predicted octanol–water partition coefficient (Wildman–Crippen LogP) is 2.62. The van der Waals surface area contributed by atoms with Gasteiger partial charge in [-0.2, -0.15) is 10.1 Å². The van der Waals surface area contributed by atoms with Crippen LogP contribution >= 0.6 is 11.3 Å². The molecule has 0 N–H and O–H groups in total. The average molecular weight is 373 g/mol. The van der Waals surface area contributed by atoms with Crippen LogP contribution in [0.15, 0.2) is 34.4 Å². The van der Waals surface area contributed by atoms with Crippen LogP contribution in [0.2, 0.25) is 0 Å². The van der Waals surface area contributed by atoms with E-state index in [4.69, 9.17) is 9.26 Å². The highest BCUT2D eigenvalue weighted by atomic mass is 32.1. The molecule has 1 aliphatic rings. The Morgan fingerprint density at radius 1 is 1.46 bits per heavy atom.